The summed E-state index contributed by atoms with van der Waals surface area (Å²) in [5.41, 5.74) is 6.55. The summed E-state index contributed by atoms with van der Waals surface area (Å²) >= 11 is 0. The van der Waals surface area contributed by atoms with Crippen LogP contribution >= 0.6 is 0 Å². The second-order valence-electron chi connectivity index (χ2n) is 6.18. The molecule has 2 aromatic carbocycles. The summed E-state index contributed by atoms with van der Waals surface area (Å²) in [5, 5.41) is 11.5. The zero-order valence-corrected chi connectivity index (χ0v) is 13.9. The molecule has 4 aromatic rings. The Morgan fingerprint density at radius 3 is 2.50 bits per heavy atom. The van der Waals surface area contributed by atoms with Gasteiger partial charge in [-0.1, -0.05) is 18.2 Å². The quantitative estimate of drug-likeness (QED) is 0.483. The molecule has 116 valence electrons. The molecule has 0 spiro atoms. The lowest BCUT2D eigenvalue weighted by atomic mass is 9.99. The topological polar surface area (TPSA) is 40.8 Å². The Labute approximate surface area is 140 Å². The second kappa shape index (κ2) is 5.21. The highest BCUT2D eigenvalue weighted by atomic mass is 16.3. The maximum absolute atomic E-state index is 9.42. The molecule has 0 aliphatic rings. The fourth-order valence-electron chi connectivity index (χ4n) is 3.40. The van der Waals surface area contributed by atoms with Crippen LogP contribution in [-0.4, -0.2) is 0 Å². The Kier molecular flexibility index (Phi) is 3.14. The van der Waals surface area contributed by atoms with E-state index in [2.05, 4.69) is 42.7 Å². The molecule has 0 saturated heterocycles. The first-order valence-electron chi connectivity index (χ1n) is 7.92. The van der Waals surface area contributed by atoms with E-state index in [1.54, 1.807) is 0 Å². The third kappa shape index (κ3) is 1.93. The largest absolute Gasteiger partial charge is 0.454 e. The predicted molar refractivity (Wildman–Crippen MR) is 94.5 cm³/mol. The van der Waals surface area contributed by atoms with Crippen molar-refractivity contribution in [1.82, 2.24) is 0 Å². The average molecular weight is 313 g/mol. The number of nitriles is 1. The molecule has 0 N–H and O–H groups in total. The SMILES string of the molecule is Cc1ccc2c(oc3c(C#N)ccc(C)c32)c1-c1cccc[n+]1C. The maximum Gasteiger partial charge on any atom is 0.216 e. The maximum atomic E-state index is 9.42. The molecule has 24 heavy (non-hydrogen) atoms. The van der Waals surface area contributed by atoms with Crippen molar-refractivity contribution >= 4 is 21.9 Å². The Balaban J connectivity index is 2.22. The molecule has 0 amide bonds. The highest BCUT2D eigenvalue weighted by Gasteiger charge is 2.21. The first-order chi connectivity index (χ1) is 11.6. The summed E-state index contributed by atoms with van der Waals surface area (Å²) in [6.45, 7) is 4.15. The summed E-state index contributed by atoms with van der Waals surface area (Å²) in [6.07, 6.45) is 2.03. The van der Waals surface area contributed by atoms with E-state index in [0.29, 0.717) is 11.1 Å². The van der Waals surface area contributed by atoms with E-state index in [4.69, 9.17) is 4.42 Å². The van der Waals surface area contributed by atoms with E-state index >= 15 is 0 Å². The molecule has 4 rings (SSSR count). The molecule has 0 atom stereocenters. The van der Waals surface area contributed by atoms with Gasteiger partial charge in [0.2, 0.25) is 5.69 Å². The van der Waals surface area contributed by atoms with Crippen LogP contribution in [0.1, 0.15) is 16.7 Å². The normalized spacial score (nSPS) is 11.1. The van der Waals surface area contributed by atoms with Crippen molar-refractivity contribution in [2.75, 3.05) is 0 Å². The Hall–Kier alpha value is -3.12. The van der Waals surface area contributed by atoms with Crippen molar-refractivity contribution in [2.24, 2.45) is 7.05 Å². The first kappa shape index (κ1) is 14.5. The summed E-state index contributed by atoms with van der Waals surface area (Å²) in [5.74, 6) is 0. The van der Waals surface area contributed by atoms with Gasteiger partial charge in [0, 0.05) is 22.9 Å². The van der Waals surface area contributed by atoms with Crippen LogP contribution in [-0.2, 0) is 7.05 Å². The lowest BCUT2D eigenvalue weighted by molar-refractivity contribution is -0.660. The fourth-order valence-corrected chi connectivity index (χ4v) is 3.40. The van der Waals surface area contributed by atoms with Gasteiger partial charge in [0.25, 0.3) is 0 Å². The number of rotatable bonds is 1. The standard InChI is InChI=1S/C21H17N2O/c1-13-7-9-15(12-22)20-18(13)16-10-8-14(2)19(21(16)24-20)17-6-4-5-11-23(17)3/h4-11H,1-3H3/q+1. The van der Waals surface area contributed by atoms with Gasteiger partial charge in [-0.05, 0) is 37.1 Å². The van der Waals surface area contributed by atoms with E-state index in [0.717, 1.165) is 38.7 Å². The molecule has 3 nitrogen and oxygen atoms in total. The Morgan fingerprint density at radius 2 is 1.75 bits per heavy atom. The van der Waals surface area contributed by atoms with Crippen LogP contribution in [0.3, 0.4) is 0 Å². The van der Waals surface area contributed by atoms with Crippen molar-refractivity contribution in [3.05, 3.63) is 65.4 Å². The van der Waals surface area contributed by atoms with Crippen molar-refractivity contribution in [2.45, 2.75) is 13.8 Å². The molecule has 0 saturated carbocycles. The third-order valence-electron chi connectivity index (χ3n) is 4.64. The van der Waals surface area contributed by atoms with Gasteiger partial charge >= 0.3 is 0 Å². The van der Waals surface area contributed by atoms with Gasteiger partial charge in [0.1, 0.15) is 18.7 Å². The molecule has 0 unspecified atom stereocenters. The van der Waals surface area contributed by atoms with Crippen LogP contribution in [0.5, 0.6) is 0 Å². The van der Waals surface area contributed by atoms with Crippen LogP contribution in [0.25, 0.3) is 33.2 Å². The predicted octanol–water partition coefficient (Wildman–Crippen LogP) is 4.57. The second-order valence-corrected chi connectivity index (χ2v) is 6.18. The molecular formula is C21H17N2O+. The van der Waals surface area contributed by atoms with Crippen LogP contribution in [0.4, 0.5) is 0 Å². The van der Waals surface area contributed by atoms with E-state index in [9.17, 15) is 5.26 Å². The van der Waals surface area contributed by atoms with Crippen molar-refractivity contribution in [3.8, 4) is 17.3 Å². The van der Waals surface area contributed by atoms with E-state index in [1.165, 1.54) is 0 Å². The zero-order chi connectivity index (χ0) is 16.8. The number of nitrogens with zero attached hydrogens (tertiary/aromatic N) is 2. The van der Waals surface area contributed by atoms with Crippen LogP contribution < -0.4 is 4.57 Å². The number of furan rings is 1. The van der Waals surface area contributed by atoms with Gasteiger partial charge < -0.3 is 4.42 Å². The number of aromatic nitrogens is 1. The highest BCUT2D eigenvalue weighted by Crippen LogP contribution is 2.39. The van der Waals surface area contributed by atoms with Gasteiger partial charge in [-0.15, -0.1) is 0 Å². The third-order valence-corrected chi connectivity index (χ3v) is 4.64. The number of benzene rings is 2. The summed E-state index contributed by atoms with van der Waals surface area (Å²) < 4.78 is 8.33. The summed E-state index contributed by atoms with van der Waals surface area (Å²) in [4.78, 5) is 0. The molecular weight excluding hydrogens is 296 g/mol. The summed E-state index contributed by atoms with van der Waals surface area (Å²) in [6, 6.07) is 16.4. The van der Waals surface area contributed by atoms with Crippen LogP contribution in [0.2, 0.25) is 0 Å². The first-order valence-corrected chi connectivity index (χ1v) is 7.92. The number of aryl methyl sites for hydroxylation is 3. The van der Waals surface area contributed by atoms with Gasteiger partial charge in [-0.25, -0.2) is 4.57 Å². The molecule has 0 bridgehead atoms. The minimum atomic E-state index is 0.577. The van der Waals surface area contributed by atoms with E-state index in [1.807, 2.05) is 37.5 Å². The number of pyridine rings is 1. The minimum absolute atomic E-state index is 0.577. The van der Waals surface area contributed by atoms with Crippen molar-refractivity contribution in [3.63, 3.8) is 0 Å². The number of hydrogen-bond donors (Lipinski definition) is 0. The lowest BCUT2D eigenvalue weighted by Crippen LogP contribution is -2.30. The minimum Gasteiger partial charge on any atom is -0.454 e. The van der Waals surface area contributed by atoms with E-state index in [-0.39, 0.29) is 0 Å². The molecule has 0 aliphatic heterocycles. The average Bonchev–Trinajstić information content (AvgIpc) is 2.96. The molecule has 0 aliphatic carbocycles. The highest BCUT2D eigenvalue weighted by molar-refractivity contribution is 6.12. The lowest BCUT2D eigenvalue weighted by Gasteiger charge is -2.05. The molecule has 2 aromatic heterocycles. The monoisotopic (exact) mass is 313 g/mol. The molecule has 2 heterocycles. The zero-order valence-electron chi connectivity index (χ0n) is 13.9. The number of fused-ring (bicyclic) bond motifs is 3. The van der Waals surface area contributed by atoms with Gasteiger partial charge in [-0.3, -0.25) is 0 Å². The fraction of sp³-hybridized carbons (Fsp3) is 0.143. The Bertz CT molecular complexity index is 1150. The van der Waals surface area contributed by atoms with Crippen LogP contribution in [0, 0.1) is 25.2 Å². The smallest absolute Gasteiger partial charge is 0.216 e. The summed E-state index contributed by atoms with van der Waals surface area (Å²) in [7, 11) is 2.03. The van der Waals surface area contributed by atoms with Crippen molar-refractivity contribution < 1.29 is 8.98 Å². The molecule has 0 radical (unpaired) electrons. The molecule has 0 fully saturated rings. The Morgan fingerprint density at radius 1 is 0.958 bits per heavy atom. The van der Waals surface area contributed by atoms with Gasteiger partial charge in [0.15, 0.2) is 11.8 Å². The van der Waals surface area contributed by atoms with Gasteiger partial charge in [0.05, 0.1) is 11.1 Å². The van der Waals surface area contributed by atoms with E-state index < -0.39 is 0 Å². The van der Waals surface area contributed by atoms with Gasteiger partial charge in [-0.2, -0.15) is 5.26 Å². The molecule has 3 heteroatoms. The number of hydrogen-bond acceptors (Lipinski definition) is 2. The van der Waals surface area contributed by atoms with Crippen LogP contribution in [0.15, 0.2) is 53.1 Å². The van der Waals surface area contributed by atoms with Crippen molar-refractivity contribution in [1.29, 1.82) is 5.26 Å².